The maximum atomic E-state index is 6.61. The lowest BCUT2D eigenvalue weighted by Gasteiger charge is -2.26. The van der Waals surface area contributed by atoms with Crippen LogP contribution in [-0.2, 0) is 5.41 Å². The molecule has 0 aliphatic rings. The average Bonchev–Trinajstić information content (AvgIpc) is 2.87. The number of nitrogens with zero attached hydrogens (tertiary/aromatic N) is 2. The van der Waals surface area contributed by atoms with Crippen LogP contribution in [0.2, 0.25) is 5.02 Å². The van der Waals surface area contributed by atoms with Crippen molar-refractivity contribution >= 4 is 23.4 Å². The zero-order valence-electron chi connectivity index (χ0n) is 14.3. The molecule has 0 bridgehead atoms. The van der Waals surface area contributed by atoms with Gasteiger partial charge in [-0.3, -0.25) is 0 Å². The summed E-state index contributed by atoms with van der Waals surface area (Å²) in [5.74, 6) is 0. The molecule has 0 fully saturated rings. The molecule has 2 nitrogen and oxygen atoms in total. The molecule has 0 saturated heterocycles. The van der Waals surface area contributed by atoms with E-state index in [0.717, 1.165) is 10.6 Å². The first-order chi connectivity index (χ1) is 10.1. The van der Waals surface area contributed by atoms with Crippen LogP contribution in [0.15, 0.2) is 36.9 Å². The third kappa shape index (κ3) is 3.80. The van der Waals surface area contributed by atoms with Crippen LogP contribution in [0.4, 0.5) is 0 Å². The van der Waals surface area contributed by atoms with E-state index in [9.17, 15) is 0 Å². The second-order valence-electron chi connectivity index (χ2n) is 7.75. The number of imidazole rings is 1. The predicted molar refractivity (Wildman–Crippen MR) is 96.0 cm³/mol. The van der Waals surface area contributed by atoms with Gasteiger partial charge in [-0.1, -0.05) is 65.3 Å². The topological polar surface area (TPSA) is 17.8 Å². The van der Waals surface area contributed by atoms with Gasteiger partial charge in [0.05, 0.1) is 6.33 Å². The van der Waals surface area contributed by atoms with Gasteiger partial charge < -0.3 is 4.57 Å². The van der Waals surface area contributed by atoms with Crippen LogP contribution in [0.1, 0.15) is 52.7 Å². The highest BCUT2D eigenvalue weighted by atomic mass is 35.5. The van der Waals surface area contributed by atoms with E-state index < -0.39 is 0 Å². The Balaban J connectivity index is 2.55. The van der Waals surface area contributed by atoms with E-state index in [4.69, 9.17) is 11.6 Å². The molecule has 0 atom stereocenters. The molecule has 22 heavy (non-hydrogen) atoms. The lowest BCUT2D eigenvalue weighted by Crippen LogP contribution is -2.13. The molecule has 0 amide bonds. The van der Waals surface area contributed by atoms with Crippen LogP contribution >= 0.6 is 11.6 Å². The van der Waals surface area contributed by atoms with Crippen LogP contribution in [0.3, 0.4) is 0 Å². The first-order valence-electron chi connectivity index (χ1n) is 7.59. The zero-order chi connectivity index (χ0) is 16.5. The van der Waals surface area contributed by atoms with Crippen LogP contribution in [-0.4, -0.2) is 9.55 Å². The van der Waals surface area contributed by atoms with Gasteiger partial charge in [0.15, 0.2) is 0 Å². The van der Waals surface area contributed by atoms with Gasteiger partial charge in [-0.05, 0) is 33.6 Å². The first-order valence-corrected chi connectivity index (χ1v) is 7.97. The van der Waals surface area contributed by atoms with Gasteiger partial charge in [0.2, 0.25) is 0 Å². The van der Waals surface area contributed by atoms with Crippen molar-refractivity contribution in [2.24, 2.45) is 5.41 Å². The molecular weight excluding hydrogens is 292 g/mol. The van der Waals surface area contributed by atoms with Gasteiger partial charge >= 0.3 is 0 Å². The minimum absolute atomic E-state index is 0.0167. The van der Waals surface area contributed by atoms with Gasteiger partial charge in [0.1, 0.15) is 0 Å². The molecule has 0 N–H and O–H groups in total. The Labute approximate surface area is 138 Å². The molecule has 2 aromatic rings. The number of allylic oxidation sites excluding steroid dienone is 1. The van der Waals surface area contributed by atoms with E-state index in [1.807, 2.05) is 10.8 Å². The summed E-state index contributed by atoms with van der Waals surface area (Å²) in [5.41, 5.74) is 3.60. The third-order valence-electron chi connectivity index (χ3n) is 3.74. The number of hydrogen-bond acceptors (Lipinski definition) is 1. The summed E-state index contributed by atoms with van der Waals surface area (Å²) >= 11 is 6.61. The largest absolute Gasteiger partial charge is 0.313 e. The van der Waals surface area contributed by atoms with Crippen LogP contribution in [0.25, 0.3) is 11.8 Å². The van der Waals surface area contributed by atoms with E-state index in [2.05, 4.69) is 70.9 Å². The lowest BCUT2D eigenvalue weighted by atomic mass is 9.80. The Bertz CT molecular complexity index is 668. The number of halogens is 1. The van der Waals surface area contributed by atoms with E-state index >= 15 is 0 Å². The van der Waals surface area contributed by atoms with Crippen molar-refractivity contribution in [3.05, 3.63) is 53.1 Å². The first kappa shape index (κ1) is 16.8. The Kier molecular flexibility index (Phi) is 4.53. The fourth-order valence-electron chi connectivity index (χ4n) is 2.36. The molecule has 118 valence electrons. The molecule has 1 aromatic carbocycles. The smallest absolute Gasteiger partial charge is 0.0986 e. The molecule has 0 spiro atoms. The van der Waals surface area contributed by atoms with Crippen molar-refractivity contribution in [2.75, 3.05) is 0 Å². The van der Waals surface area contributed by atoms with Crippen molar-refractivity contribution in [2.45, 2.75) is 47.0 Å². The van der Waals surface area contributed by atoms with E-state index in [0.29, 0.717) is 0 Å². The number of rotatable bonds is 2. The molecule has 0 radical (unpaired) electrons. The maximum absolute atomic E-state index is 6.61. The van der Waals surface area contributed by atoms with Gasteiger partial charge in [-0.15, -0.1) is 0 Å². The number of hydrogen-bond donors (Lipinski definition) is 0. The molecule has 1 aromatic heterocycles. The van der Waals surface area contributed by atoms with Gasteiger partial charge in [-0.2, -0.15) is 0 Å². The summed E-state index contributed by atoms with van der Waals surface area (Å²) in [6, 6.07) is 6.40. The van der Waals surface area contributed by atoms with Crippen molar-refractivity contribution in [1.82, 2.24) is 9.55 Å². The van der Waals surface area contributed by atoms with Crippen LogP contribution in [0.5, 0.6) is 0 Å². The van der Waals surface area contributed by atoms with Crippen molar-refractivity contribution in [3.63, 3.8) is 0 Å². The molecular formula is C19H25ClN2. The molecule has 0 aliphatic carbocycles. The van der Waals surface area contributed by atoms with Crippen LogP contribution in [0, 0.1) is 5.41 Å². The Morgan fingerprint density at radius 3 is 2.27 bits per heavy atom. The number of aromatic nitrogens is 2. The van der Waals surface area contributed by atoms with Crippen molar-refractivity contribution in [1.29, 1.82) is 0 Å². The summed E-state index contributed by atoms with van der Waals surface area (Å²) < 4.78 is 1.97. The highest BCUT2D eigenvalue weighted by Gasteiger charge is 2.23. The Hall–Kier alpha value is -1.54. The normalized spacial score (nSPS) is 13.5. The predicted octanol–water partition coefficient (Wildman–Crippen LogP) is 5.88. The van der Waals surface area contributed by atoms with E-state index in [-0.39, 0.29) is 10.8 Å². The highest BCUT2D eigenvalue weighted by Crippen LogP contribution is 2.39. The standard InChI is InChI=1S/C19H25ClN2/c1-18(2,3)14-7-8-15(17(20)11-14)16(19(4,5)6)12-22-10-9-21-13-22/h7-13H,1-6H3/b16-12-. The number of benzene rings is 1. The molecule has 1 heterocycles. The quantitative estimate of drug-likeness (QED) is 0.676. The Morgan fingerprint density at radius 2 is 1.82 bits per heavy atom. The SMILES string of the molecule is CC(C)(C)/C(=C\n1ccnc1)c1ccc(C(C)(C)C)cc1Cl. The summed E-state index contributed by atoms with van der Waals surface area (Å²) in [6.45, 7) is 13.2. The highest BCUT2D eigenvalue weighted by molar-refractivity contribution is 6.32. The van der Waals surface area contributed by atoms with E-state index in [1.54, 1.807) is 12.5 Å². The fourth-order valence-corrected chi connectivity index (χ4v) is 2.64. The molecule has 0 unspecified atom stereocenters. The lowest BCUT2D eigenvalue weighted by molar-refractivity contribution is 0.567. The minimum atomic E-state index is -0.0167. The second-order valence-corrected chi connectivity index (χ2v) is 8.15. The van der Waals surface area contributed by atoms with Crippen molar-refractivity contribution < 1.29 is 0 Å². The van der Waals surface area contributed by atoms with E-state index in [1.165, 1.54) is 11.1 Å². The summed E-state index contributed by atoms with van der Waals surface area (Å²) in [5, 5.41) is 0.800. The zero-order valence-corrected chi connectivity index (χ0v) is 15.1. The second kappa shape index (κ2) is 5.92. The molecule has 0 saturated carbocycles. The Morgan fingerprint density at radius 1 is 1.14 bits per heavy atom. The monoisotopic (exact) mass is 316 g/mol. The molecule has 0 aliphatic heterocycles. The summed E-state index contributed by atoms with van der Waals surface area (Å²) in [7, 11) is 0. The molecule has 3 heteroatoms. The molecule has 2 rings (SSSR count). The van der Waals surface area contributed by atoms with Crippen LogP contribution < -0.4 is 0 Å². The maximum Gasteiger partial charge on any atom is 0.0986 e. The summed E-state index contributed by atoms with van der Waals surface area (Å²) in [4.78, 5) is 4.11. The minimum Gasteiger partial charge on any atom is -0.313 e. The van der Waals surface area contributed by atoms with Crippen molar-refractivity contribution in [3.8, 4) is 0 Å². The van der Waals surface area contributed by atoms with Gasteiger partial charge in [-0.25, -0.2) is 4.98 Å². The summed E-state index contributed by atoms with van der Waals surface area (Å²) in [6.07, 6.45) is 7.61. The van der Waals surface area contributed by atoms with Gasteiger partial charge in [0, 0.05) is 23.6 Å². The van der Waals surface area contributed by atoms with Gasteiger partial charge in [0.25, 0.3) is 0 Å². The third-order valence-corrected chi connectivity index (χ3v) is 4.05. The fraction of sp³-hybridized carbons (Fsp3) is 0.421. The average molecular weight is 317 g/mol.